The molecule has 0 aliphatic rings. The zero-order valence-corrected chi connectivity index (χ0v) is 8.97. The molecule has 0 aromatic rings. The minimum absolute atomic E-state index is 0.0697. The third kappa shape index (κ3) is 6.76. The molecule has 0 heterocycles. The van der Waals surface area contributed by atoms with Crippen molar-refractivity contribution in [2.24, 2.45) is 0 Å². The van der Waals surface area contributed by atoms with Gasteiger partial charge in [0.1, 0.15) is 5.78 Å². The fourth-order valence-corrected chi connectivity index (χ4v) is 1.07. The molecule has 0 saturated carbocycles. The molecule has 0 aromatic heterocycles. The number of unbranched alkanes of at least 4 members (excludes halogenated alkanes) is 2. The highest BCUT2D eigenvalue weighted by Gasteiger charge is 2.21. The summed E-state index contributed by atoms with van der Waals surface area (Å²) in [5.41, 5.74) is -0.913. The SMILES string of the molecule is CCCCCC(=O)[CH]C(C)(O)CC. The Bertz CT molecular complexity index is 150. The van der Waals surface area contributed by atoms with Gasteiger partial charge in [-0.05, 0) is 19.8 Å². The highest BCUT2D eigenvalue weighted by molar-refractivity contribution is 5.88. The minimum atomic E-state index is -0.913. The minimum Gasteiger partial charge on any atom is -0.389 e. The van der Waals surface area contributed by atoms with Gasteiger partial charge < -0.3 is 5.11 Å². The number of ketones is 1. The summed E-state index contributed by atoms with van der Waals surface area (Å²) in [5, 5.41) is 9.57. The first kappa shape index (κ1) is 12.6. The first-order valence-corrected chi connectivity index (χ1v) is 5.13. The molecule has 13 heavy (non-hydrogen) atoms. The van der Waals surface area contributed by atoms with E-state index in [1.807, 2.05) is 6.92 Å². The molecule has 77 valence electrons. The van der Waals surface area contributed by atoms with E-state index in [9.17, 15) is 9.90 Å². The zero-order valence-electron chi connectivity index (χ0n) is 8.97. The van der Waals surface area contributed by atoms with E-state index in [2.05, 4.69) is 6.92 Å². The summed E-state index contributed by atoms with van der Waals surface area (Å²) >= 11 is 0. The fourth-order valence-electron chi connectivity index (χ4n) is 1.07. The molecule has 0 aliphatic carbocycles. The number of rotatable bonds is 7. The molecule has 1 radical (unpaired) electrons. The van der Waals surface area contributed by atoms with Gasteiger partial charge in [-0.15, -0.1) is 0 Å². The standard InChI is InChI=1S/C11H21O2/c1-4-6-7-8-10(12)9-11(3,13)5-2/h9,13H,4-8H2,1-3H3. The second kappa shape index (κ2) is 6.14. The molecule has 0 rings (SSSR count). The van der Waals surface area contributed by atoms with Crippen molar-refractivity contribution >= 4 is 5.78 Å². The lowest BCUT2D eigenvalue weighted by atomic mass is 9.94. The summed E-state index contributed by atoms with van der Waals surface area (Å²) in [7, 11) is 0. The highest BCUT2D eigenvalue weighted by Crippen LogP contribution is 2.14. The van der Waals surface area contributed by atoms with Crippen LogP contribution in [0.2, 0.25) is 0 Å². The van der Waals surface area contributed by atoms with Crippen LogP contribution in [0.5, 0.6) is 0 Å². The molecular formula is C11H21O2. The van der Waals surface area contributed by atoms with Gasteiger partial charge in [-0.2, -0.15) is 0 Å². The molecule has 2 heteroatoms. The van der Waals surface area contributed by atoms with E-state index in [0.29, 0.717) is 12.8 Å². The maximum absolute atomic E-state index is 11.3. The van der Waals surface area contributed by atoms with E-state index in [4.69, 9.17) is 0 Å². The van der Waals surface area contributed by atoms with Crippen LogP contribution in [0.15, 0.2) is 0 Å². The number of carbonyl (C=O) groups is 1. The summed E-state index contributed by atoms with van der Waals surface area (Å²) in [6.07, 6.45) is 5.76. The monoisotopic (exact) mass is 185 g/mol. The Morgan fingerprint density at radius 2 is 2.00 bits per heavy atom. The van der Waals surface area contributed by atoms with E-state index in [0.717, 1.165) is 19.3 Å². The Morgan fingerprint density at radius 1 is 1.38 bits per heavy atom. The molecule has 0 spiro atoms. The van der Waals surface area contributed by atoms with Gasteiger partial charge in [0, 0.05) is 6.42 Å². The van der Waals surface area contributed by atoms with Crippen molar-refractivity contribution in [2.75, 3.05) is 0 Å². The molecule has 0 amide bonds. The van der Waals surface area contributed by atoms with Crippen LogP contribution in [0, 0.1) is 6.42 Å². The van der Waals surface area contributed by atoms with Crippen LogP contribution >= 0.6 is 0 Å². The molecular weight excluding hydrogens is 164 g/mol. The van der Waals surface area contributed by atoms with Gasteiger partial charge in [0.05, 0.1) is 12.0 Å². The van der Waals surface area contributed by atoms with Crippen LogP contribution in [0.4, 0.5) is 0 Å². The van der Waals surface area contributed by atoms with Crippen molar-refractivity contribution in [3.8, 4) is 0 Å². The predicted molar refractivity (Wildman–Crippen MR) is 54.4 cm³/mol. The van der Waals surface area contributed by atoms with E-state index in [1.54, 1.807) is 6.92 Å². The molecule has 1 unspecified atom stereocenters. The van der Waals surface area contributed by atoms with Gasteiger partial charge in [-0.1, -0.05) is 26.7 Å². The fraction of sp³-hybridized carbons (Fsp3) is 0.818. The van der Waals surface area contributed by atoms with Crippen molar-refractivity contribution in [3.63, 3.8) is 0 Å². The Hall–Kier alpha value is -0.370. The van der Waals surface area contributed by atoms with Gasteiger partial charge in [0.25, 0.3) is 0 Å². The maximum Gasteiger partial charge on any atom is 0.139 e. The number of carbonyl (C=O) groups excluding carboxylic acids is 1. The van der Waals surface area contributed by atoms with Crippen LogP contribution in [0.25, 0.3) is 0 Å². The second-order valence-electron chi connectivity index (χ2n) is 3.78. The highest BCUT2D eigenvalue weighted by atomic mass is 16.3. The lowest BCUT2D eigenvalue weighted by Gasteiger charge is -2.19. The molecule has 0 saturated heterocycles. The molecule has 0 bridgehead atoms. The Kier molecular flexibility index (Phi) is 5.97. The van der Waals surface area contributed by atoms with Crippen molar-refractivity contribution in [1.82, 2.24) is 0 Å². The average molecular weight is 185 g/mol. The van der Waals surface area contributed by atoms with Crippen molar-refractivity contribution in [3.05, 3.63) is 6.42 Å². The normalized spacial score (nSPS) is 15.4. The van der Waals surface area contributed by atoms with E-state index >= 15 is 0 Å². The summed E-state index contributed by atoms with van der Waals surface area (Å²) in [4.78, 5) is 11.3. The first-order chi connectivity index (χ1) is 6.02. The first-order valence-electron chi connectivity index (χ1n) is 5.13. The lowest BCUT2D eigenvalue weighted by molar-refractivity contribution is -0.118. The van der Waals surface area contributed by atoms with Gasteiger partial charge in [-0.3, -0.25) is 4.79 Å². The van der Waals surface area contributed by atoms with Gasteiger partial charge in [0.15, 0.2) is 0 Å². The maximum atomic E-state index is 11.3. The lowest BCUT2D eigenvalue weighted by Crippen LogP contribution is -2.27. The molecule has 0 fully saturated rings. The second-order valence-corrected chi connectivity index (χ2v) is 3.78. The van der Waals surface area contributed by atoms with Gasteiger partial charge in [-0.25, -0.2) is 0 Å². The molecule has 1 atom stereocenters. The number of Topliss-reactive ketones (excluding diaryl/α,β-unsaturated/α-hetero) is 1. The summed E-state index contributed by atoms with van der Waals surface area (Å²) in [6.45, 7) is 5.65. The Labute approximate surface area is 81.3 Å². The Balaban J connectivity index is 3.62. The molecule has 2 nitrogen and oxygen atoms in total. The van der Waals surface area contributed by atoms with Gasteiger partial charge >= 0.3 is 0 Å². The Morgan fingerprint density at radius 3 is 2.46 bits per heavy atom. The quantitative estimate of drug-likeness (QED) is 0.619. The topological polar surface area (TPSA) is 37.3 Å². The van der Waals surface area contributed by atoms with Crippen molar-refractivity contribution < 1.29 is 9.90 Å². The number of hydrogen-bond donors (Lipinski definition) is 1. The third-order valence-electron chi connectivity index (χ3n) is 2.21. The van der Waals surface area contributed by atoms with Crippen LogP contribution in [0.3, 0.4) is 0 Å². The third-order valence-corrected chi connectivity index (χ3v) is 2.21. The van der Waals surface area contributed by atoms with E-state index in [1.165, 1.54) is 6.42 Å². The average Bonchev–Trinajstić information content (AvgIpc) is 2.04. The van der Waals surface area contributed by atoms with Crippen molar-refractivity contribution in [1.29, 1.82) is 0 Å². The number of aliphatic hydroxyl groups is 1. The molecule has 0 aliphatic heterocycles. The van der Waals surface area contributed by atoms with Crippen LogP contribution in [0.1, 0.15) is 52.9 Å². The molecule has 1 N–H and O–H groups in total. The number of hydrogen-bond acceptors (Lipinski definition) is 2. The summed E-state index contributed by atoms with van der Waals surface area (Å²) in [5.74, 6) is 0.0697. The zero-order chi connectivity index (χ0) is 10.3. The molecule has 0 aromatic carbocycles. The van der Waals surface area contributed by atoms with Gasteiger partial charge in [0.2, 0.25) is 0 Å². The van der Waals surface area contributed by atoms with E-state index < -0.39 is 5.60 Å². The van der Waals surface area contributed by atoms with Crippen LogP contribution in [-0.4, -0.2) is 16.5 Å². The largest absolute Gasteiger partial charge is 0.389 e. The summed E-state index contributed by atoms with van der Waals surface area (Å²) < 4.78 is 0. The van der Waals surface area contributed by atoms with E-state index in [-0.39, 0.29) is 5.78 Å². The van der Waals surface area contributed by atoms with Crippen LogP contribution < -0.4 is 0 Å². The summed E-state index contributed by atoms with van der Waals surface area (Å²) in [6, 6.07) is 0. The predicted octanol–water partition coefficient (Wildman–Crippen LogP) is 2.50. The van der Waals surface area contributed by atoms with Crippen LogP contribution in [-0.2, 0) is 4.79 Å². The smallest absolute Gasteiger partial charge is 0.139 e. The van der Waals surface area contributed by atoms with Crippen molar-refractivity contribution in [2.45, 2.75) is 58.5 Å².